The zero-order chi connectivity index (χ0) is 22.9. The van der Waals surface area contributed by atoms with E-state index in [0.29, 0.717) is 18.7 Å². The number of benzene rings is 2. The van der Waals surface area contributed by atoms with Crippen LogP contribution in [0.15, 0.2) is 42.5 Å². The van der Waals surface area contributed by atoms with Gasteiger partial charge in [0.15, 0.2) is 0 Å². The number of anilines is 2. The van der Waals surface area contributed by atoms with E-state index in [4.69, 9.17) is 4.74 Å². The molecule has 3 aliphatic rings. The van der Waals surface area contributed by atoms with Gasteiger partial charge in [-0.05, 0) is 88.9 Å². The Bertz CT molecular complexity index is 982. The summed E-state index contributed by atoms with van der Waals surface area (Å²) in [6.45, 7) is 2.70. The Balaban J connectivity index is 1.42. The number of carbonyl (C=O) groups excluding carboxylic acids is 1. The first-order valence-corrected chi connectivity index (χ1v) is 12.4. The first kappa shape index (κ1) is 22.1. The molecule has 1 aliphatic heterocycles. The van der Waals surface area contributed by atoms with Gasteiger partial charge in [-0.25, -0.2) is 4.79 Å². The Morgan fingerprint density at radius 2 is 1.79 bits per heavy atom. The molecule has 2 unspecified atom stereocenters. The molecule has 2 amide bonds. The van der Waals surface area contributed by atoms with Crippen LogP contribution in [0.3, 0.4) is 0 Å². The van der Waals surface area contributed by atoms with Crippen LogP contribution in [-0.4, -0.2) is 43.7 Å². The van der Waals surface area contributed by atoms with E-state index in [1.807, 2.05) is 19.1 Å². The molecule has 2 aromatic rings. The summed E-state index contributed by atoms with van der Waals surface area (Å²) in [4.78, 5) is 17.2. The van der Waals surface area contributed by atoms with Crippen LogP contribution in [-0.2, 0) is 0 Å². The molecule has 2 saturated carbocycles. The van der Waals surface area contributed by atoms with Gasteiger partial charge in [0.05, 0.1) is 18.7 Å². The highest BCUT2D eigenvalue weighted by molar-refractivity contribution is 5.89. The Morgan fingerprint density at radius 1 is 1.06 bits per heavy atom. The second kappa shape index (κ2) is 9.26. The molecule has 0 bridgehead atoms. The topological polar surface area (TPSA) is 56.8 Å². The Morgan fingerprint density at radius 3 is 2.36 bits per heavy atom. The van der Waals surface area contributed by atoms with Crippen molar-refractivity contribution in [1.82, 2.24) is 10.2 Å². The van der Waals surface area contributed by atoms with Crippen LogP contribution >= 0.6 is 0 Å². The monoisotopic (exact) mass is 448 g/mol. The van der Waals surface area contributed by atoms with Gasteiger partial charge in [0.1, 0.15) is 5.75 Å². The highest BCUT2D eigenvalue weighted by Crippen LogP contribution is 2.54. The van der Waals surface area contributed by atoms with Crippen LogP contribution in [0.4, 0.5) is 16.2 Å². The molecule has 6 heteroatoms. The Kier molecular flexibility index (Phi) is 6.19. The predicted molar refractivity (Wildman–Crippen MR) is 133 cm³/mol. The summed E-state index contributed by atoms with van der Waals surface area (Å²) in [6, 6.07) is 16.3. The third-order valence-electron chi connectivity index (χ3n) is 7.48. The molecule has 0 spiro atoms. The predicted octanol–water partition coefficient (Wildman–Crippen LogP) is 5.48. The lowest BCUT2D eigenvalue weighted by Gasteiger charge is -2.43. The van der Waals surface area contributed by atoms with E-state index in [1.54, 1.807) is 0 Å². The van der Waals surface area contributed by atoms with E-state index in [0.717, 1.165) is 24.3 Å². The molecule has 2 N–H and O–H groups in total. The Hall–Kier alpha value is -2.73. The van der Waals surface area contributed by atoms with Crippen molar-refractivity contribution in [2.24, 2.45) is 0 Å². The summed E-state index contributed by atoms with van der Waals surface area (Å²) in [5.74, 6) is 0.941. The molecule has 2 fully saturated rings. The molecular formula is C27H36N4O2. The van der Waals surface area contributed by atoms with Crippen molar-refractivity contribution in [3.63, 3.8) is 0 Å². The van der Waals surface area contributed by atoms with Crippen molar-refractivity contribution < 1.29 is 9.53 Å². The number of amides is 2. The lowest BCUT2D eigenvalue weighted by Crippen LogP contribution is -2.43. The van der Waals surface area contributed by atoms with Crippen molar-refractivity contribution >= 4 is 17.4 Å². The number of ether oxygens (including phenoxy) is 1. The normalized spacial score (nSPS) is 22.5. The number of likely N-dealkylation sites (N-methyl/N-ethyl adjacent to an activating group) is 1. The minimum atomic E-state index is -0.105. The minimum absolute atomic E-state index is 0.105. The first-order valence-electron chi connectivity index (χ1n) is 12.4. The lowest BCUT2D eigenvalue weighted by atomic mass is 9.88. The van der Waals surface area contributed by atoms with Crippen LogP contribution in [0.1, 0.15) is 68.7 Å². The van der Waals surface area contributed by atoms with Gasteiger partial charge in [0.25, 0.3) is 0 Å². The second-order valence-corrected chi connectivity index (χ2v) is 9.85. The van der Waals surface area contributed by atoms with Gasteiger partial charge < -0.3 is 25.2 Å². The fourth-order valence-corrected chi connectivity index (χ4v) is 5.39. The van der Waals surface area contributed by atoms with E-state index < -0.39 is 0 Å². The number of carbonyl (C=O) groups is 1. The molecule has 33 heavy (non-hydrogen) atoms. The molecule has 0 aromatic heterocycles. The van der Waals surface area contributed by atoms with E-state index >= 15 is 0 Å². The summed E-state index contributed by atoms with van der Waals surface area (Å²) in [5, 5.41) is 6.04. The summed E-state index contributed by atoms with van der Waals surface area (Å²) in [6.07, 6.45) is 7.14. The van der Waals surface area contributed by atoms with Crippen LogP contribution in [0.2, 0.25) is 0 Å². The SMILES string of the molecule is CCOc1ccc2c(c1)N(C1CCC1)C(c1ccc(NC(=O)NC3CCC3)cc1)C2N(C)C. The molecule has 176 valence electrons. The molecule has 0 saturated heterocycles. The van der Waals surface area contributed by atoms with Crippen LogP contribution in [0.25, 0.3) is 0 Å². The average Bonchev–Trinajstić information content (AvgIpc) is 3.05. The lowest BCUT2D eigenvalue weighted by molar-refractivity contribution is 0.240. The number of hydrogen-bond donors (Lipinski definition) is 2. The maximum atomic E-state index is 12.3. The van der Waals surface area contributed by atoms with Gasteiger partial charge in [0.2, 0.25) is 0 Å². The zero-order valence-corrected chi connectivity index (χ0v) is 20.0. The maximum absolute atomic E-state index is 12.3. The summed E-state index contributed by atoms with van der Waals surface area (Å²) in [5.41, 5.74) is 4.78. The number of nitrogens with zero attached hydrogens (tertiary/aromatic N) is 2. The third-order valence-corrected chi connectivity index (χ3v) is 7.48. The van der Waals surface area contributed by atoms with Crippen LogP contribution in [0, 0.1) is 0 Å². The first-order chi connectivity index (χ1) is 16.0. The number of rotatable bonds is 7. The van der Waals surface area contributed by atoms with Crippen LogP contribution < -0.4 is 20.3 Å². The third kappa shape index (κ3) is 4.29. The molecule has 1 heterocycles. The molecule has 6 nitrogen and oxygen atoms in total. The summed E-state index contributed by atoms with van der Waals surface area (Å²) < 4.78 is 5.85. The van der Waals surface area contributed by atoms with E-state index in [-0.39, 0.29) is 18.1 Å². The van der Waals surface area contributed by atoms with E-state index in [9.17, 15) is 4.79 Å². The molecule has 2 aliphatic carbocycles. The standard InChI is InChI=1S/C27H36N4O2/c1-4-33-22-15-16-23-24(17-22)31(21-9-6-10-21)25(26(23)30(2)3)18-11-13-20(14-12-18)29-27(32)28-19-7-5-8-19/h11-17,19,21,25-26H,4-10H2,1-3H3,(H2,28,29,32). The van der Waals surface area contributed by atoms with Crippen molar-refractivity contribution in [3.8, 4) is 5.75 Å². The zero-order valence-electron chi connectivity index (χ0n) is 20.0. The fraction of sp³-hybridized carbons (Fsp3) is 0.519. The van der Waals surface area contributed by atoms with Crippen molar-refractivity contribution in [2.75, 3.05) is 30.9 Å². The van der Waals surface area contributed by atoms with Crippen molar-refractivity contribution in [1.29, 1.82) is 0 Å². The van der Waals surface area contributed by atoms with Gasteiger partial charge in [-0.15, -0.1) is 0 Å². The van der Waals surface area contributed by atoms with Gasteiger partial charge in [-0.2, -0.15) is 0 Å². The number of hydrogen-bond acceptors (Lipinski definition) is 4. The molecule has 0 radical (unpaired) electrons. The quantitative estimate of drug-likeness (QED) is 0.589. The molecule has 2 aromatic carbocycles. The van der Waals surface area contributed by atoms with Crippen molar-refractivity contribution in [3.05, 3.63) is 53.6 Å². The molecule has 2 atom stereocenters. The highest BCUT2D eigenvalue weighted by Gasteiger charge is 2.45. The average molecular weight is 449 g/mol. The second-order valence-electron chi connectivity index (χ2n) is 9.85. The Labute approximate surface area is 197 Å². The van der Waals surface area contributed by atoms with Gasteiger partial charge in [-0.3, -0.25) is 0 Å². The number of urea groups is 1. The summed E-state index contributed by atoms with van der Waals surface area (Å²) in [7, 11) is 4.34. The van der Waals surface area contributed by atoms with Crippen molar-refractivity contribution in [2.45, 2.75) is 69.6 Å². The molecular weight excluding hydrogens is 412 g/mol. The van der Waals surface area contributed by atoms with Gasteiger partial charge in [-0.1, -0.05) is 18.2 Å². The number of nitrogens with one attached hydrogen (secondary N) is 2. The maximum Gasteiger partial charge on any atom is 0.319 e. The van der Waals surface area contributed by atoms with E-state index in [2.05, 4.69) is 64.9 Å². The fourth-order valence-electron chi connectivity index (χ4n) is 5.39. The smallest absolute Gasteiger partial charge is 0.319 e. The highest BCUT2D eigenvalue weighted by atomic mass is 16.5. The minimum Gasteiger partial charge on any atom is -0.494 e. The van der Waals surface area contributed by atoms with Gasteiger partial charge in [0, 0.05) is 29.5 Å². The van der Waals surface area contributed by atoms with Gasteiger partial charge >= 0.3 is 6.03 Å². The van der Waals surface area contributed by atoms with E-state index in [1.165, 1.54) is 42.5 Å². The number of fused-ring (bicyclic) bond motifs is 1. The molecule has 5 rings (SSSR count). The summed E-state index contributed by atoms with van der Waals surface area (Å²) >= 11 is 0. The largest absolute Gasteiger partial charge is 0.494 e. The van der Waals surface area contributed by atoms with Crippen LogP contribution in [0.5, 0.6) is 5.75 Å².